The van der Waals surface area contributed by atoms with Gasteiger partial charge in [0.2, 0.25) is 9.84 Å². The Bertz CT molecular complexity index is 808. The molecular formula is C14H16F2N4O3S. The van der Waals surface area contributed by atoms with Crippen LogP contribution in [0.4, 0.5) is 8.78 Å². The van der Waals surface area contributed by atoms with Crippen molar-refractivity contribution < 1.29 is 21.7 Å². The van der Waals surface area contributed by atoms with Crippen LogP contribution >= 0.6 is 0 Å². The van der Waals surface area contributed by atoms with Gasteiger partial charge in [-0.2, -0.15) is 13.8 Å². The van der Waals surface area contributed by atoms with E-state index in [9.17, 15) is 17.2 Å². The Morgan fingerprint density at radius 2 is 2.04 bits per heavy atom. The molecule has 1 saturated heterocycles. The second-order valence-electron chi connectivity index (χ2n) is 5.49. The van der Waals surface area contributed by atoms with Gasteiger partial charge in [-0.1, -0.05) is 5.16 Å². The summed E-state index contributed by atoms with van der Waals surface area (Å²) in [5.74, 6) is -2.72. The molecule has 0 amide bonds. The summed E-state index contributed by atoms with van der Waals surface area (Å²) >= 11 is 0. The second kappa shape index (κ2) is 6.54. The van der Waals surface area contributed by atoms with Gasteiger partial charge in [0.1, 0.15) is 0 Å². The van der Waals surface area contributed by atoms with Crippen LogP contribution in [0.2, 0.25) is 0 Å². The van der Waals surface area contributed by atoms with Crippen LogP contribution in [-0.4, -0.2) is 55.9 Å². The van der Waals surface area contributed by atoms with E-state index in [-0.39, 0.29) is 11.9 Å². The first-order valence-electron chi connectivity index (χ1n) is 7.26. The van der Waals surface area contributed by atoms with E-state index in [1.54, 1.807) is 0 Å². The van der Waals surface area contributed by atoms with E-state index >= 15 is 0 Å². The zero-order valence-corrected chi connectivity index (χ0v) is 13.6. The molecule has 2 heterocycles. The summed E-state index contributed by atoms with van der Waals surface area (Å²) in [6.07, 6.45) is 0. The Morgan fingerprint density at radius 3 is 2.67 bits per heavy atom. The highest BCUT2D eigenvalue weighted by Crippen LogP contribution is 2.25. The first-order chi connectivity index (χ1) is 11.4. The Labute approximate surface area is 137 Å². The lowest BCUT2D eigenvalue weighted by atomic mass is 10.2. The van der Waals surface area contributed by atoms with Crippen molar-refractivity contribution in [3.8, 4) is 11.5 Å². The molecule has 0 bridgehead atoms. The van der Waals surface area contributed by atoms with E-state index in [0.717, 1.165) is 25.2 Å². The molecule has 130 valence electrons. The van der Waals surface area contributed by atoms with Crippen molar-refractivity contribution in [3.63, 3.8) is 0 Å². The number of alkyl halides is 2. The number of nitrogens with one attached hydrogen (secondary N) is 1. The topological polar surface area (TPSA) is 88.3 Å². The number of nitrogens with zero attached hydrogens (tertiary/aromatic N) is 3. The van der Waals surface area contributed by atoms with Crippen LogP contribution < -0.4 is 5.32 Å². The molecule has 0 aliphatic carbocycles. The van der Waals surface area contributed by atoms with Crippen LogP contribution in [-0.2, 0) is 9.84 Å². The normalized spacial score (nSPS) is 19.8. The number of benzene rings is 1. The van der Waals surface area contributed by atoms with Crippen LogP contribution in [0.3, 0.4) is 0 Å². The number of piperazine rings is 1. The summed E-state index contributed by atoms with van der Waals surface area (Å²) < 4.78 is 53.1. The molecule has 24 heavy (non-hydrogen) atoms. The maximum atomic E-state index is 12.5. The Hall–Kier alpha value is -1.91. The first kappa shape index (κ1) is 16.9. The fraction of sp³-hybridized carbons (Fsp3) is 0.429. The van der Waals surface area contributed by atoms with Crippen molar-refractivity contribution in [2.45, 2.75) is 16.7 Å². The fourth-order valence-corrected chi connectivity index (χ4v) is 3.19. The van der Waals surface area contributed by atoms with Crippen molar-refractivity contribution in [2.24, 2.45) is 0 Å². The van der Waals surface area contributed by atoms with Crippen molar-refractivity contribution >= 4 is 9.84 Å². The minimum Gasteiger partial charge on any atom is -0.334 e. The minimum atomic E-state index is -4.61. The molecule has 2 aromatic rings. The third kappa shape index (κ3) is 3.17. The third-order valence-electron chi connectivity index (χ3n) is 3.92. The fourth-order valence-electron chi connectivity index (χ4n) is 2.47. The number of hydrogen-bond donors (Lipinski definition) is 1. The van der Waals surface area contributed by atoms with Crippen molar-refractivity contribution in [1.29, 1.82) is 0 Å². The first-order valence-corrected chi connectivity index (χ1v) is 8.81. The average Bonchev–Trinajstić information content (AvgIpc) is 3.05. The van der Waals surface area contributed by atoms with Crippen molar-refractivity contribution in [3.05, 3.63) is 30.1 Å². The van der Waals surface area contributed by atoms with Gasteiger partial charge in [-0.05, 0) is 31.3 Å². The third-order valence-corrected chi connectivity index (χ3v) is 5.31. The van der Waals surface area contributed by atoms with Gasteiger partial charge in [0.05, 0.1) is 10.9 Å². The van der Waals surface area contributed by atoms with Gasteiger partial charge in [0.15, 0.2) is 5.82 Å². The molecule has 1 fully saturated rings. The molecule has 0 spiro atoms. The van der Waals surface area contributed by atoms with Gasteiger partial charge in [0.25, 0.3) is 5.89 Å². The number of halogens is 2. The molecule has 0 saturated carbocycles. The lowest BCUT2D eigenvalue weighted by Gasteiger charge is -2.30. The van der Waals surface area contributed by atoms with E-state index in [1.807, 2.05) is 7.05 Å². The summed E-state index contributed by atoms with van der Waals surface area (Å²) in [5.41, 5.74) is 0.466. The van der Waals surface area contributed by atoms with Crippen LogP contribution in [0.25, 0.3) is 11.5 Å². The Balaban J connectivity index is 1.83. The highest BCUT2D eigenvalue weighted by molar-refractivity contribution is 7.91. The highest BCUT2D eigenvalue weighted by atomic mass is 32.2. The minimum absolute atomic E-state index is 0.0188. The molecule has 7 nitrogen and oxygen atoms in total. The average molecular weight is 358 g/mol. The molecule has 1 unspecified atom stereocenters. The lowest BCUT2D eigenvalue weighted by Crippen LogP contribution is -2.44. The predicted molar refractivity (Wildman–Crippen MR) is 81.2 cm³/mol. The van der Waals surface area contributed by atoms with E-state index in [1.165, 1.54) is 12.1 Å². The largest absolute Gasteiger partial charge is 0.341 e. The summed E-state index contributed by atoms with van der Waals surface area (Å²) in [6.45, 7) is 2.44. The highest BCUT2D eigenvalue weighted by Gasteiger charge is 2.27. The second-order valence-corrected chi connectivity index (χ2v) is 7.41. The predicted octanol–water partition coefficient (Wildman–Crippen LogP) is 1.31. The number of sulfone groups is 1. The van der Waals surface area contributed by atoms with Gasteiger partial charge in [0, 0.05) is 25.2 Å². The SMILES string of the molecule is CN1CCNCC1c1noc(-c2ccc(S(=O)(=O)C(F)F)cc2)n1. The van der Waals surface area contributed by atoms with Gasteiger partial charge in [-0.15, -0.1) is 0 Å². The molecule has 1 N–H and O–H groups in total. The molecule has 10 heteroatoms. The summed E-state index contributed by atoms with van der Waals surface area (Å²) in [5, 5.41) is 7.21. The lowest BCUT2D eigenvalue weighted by molar-refractivity contribution is 0.190. The molecule has 1 atom stereocenters. The van der Waals surface area contributed by atoms with Crippen molar-refractivity contribution in [2.75, 3.05) is 26.7 Å². The number of aromatic nitrogens is 2. The maximum Gasteiger partial charge on any atom is 0.341 e. The van der Waals surface area contributed by atoms with Crippen molar-refractivity contribution in [1.82, 2.24) is 20.4 Å². The number of hydrogen-bond acceptors (Lipinski definition) is 7. The Morgan fingerprint density at radius 1 is 1.33 bits per heavy atom. The quantitative estimate of drug-likeness (QED) is 0.881. The molecule has 1 aromatic heterocycles. The number of likely N-dealkylation sites (N-methyl/N-ethyl adjacent to an activating group) is 1. The number of rotatable bonds is 4. The standard InChI is InChI=1S/C14H16F2N4O3S/c1-20-7-6-17-8-11(20)12-18-13(23-19-12)9-2-4-10(5-3-9)24(21,22)14(15)16/h2-5,11,14,17H,6-8H2,1H3. The molecule has 1 aliphatic heterocycles. The summed E-state index contributed by atoms with van der Waals surface area (Å²) in [7, 11) is -2.65. The zero-order chi connectivity index (χ0) is 17.3. The van der Waals surface area contributed by atoms with Crippen LogP contribution in [0.5, 0.6) is 0 Å². The molecular weight excluding hydrogens is 342 g/mol. The smallest absolute Gasteiger partial charge is 0.334 e. The van der Waals surface area contributed by atoms with Crippen LogP contribution in [0, 0.1) is 0 Å². The van der Waals surface area contributed by atoms with E-state index in [2.05, 4.69) is 20.4 Å². The van der Waals surface area contributed by atoms with Crippen LogP contribution in [0.15, 0.2) is 33.7 Å². The van der Waals surface area contributed by atoms with E-state index in [0.29, 0.717) is 17.9 Å². The van der Waals surface area contributed by atoms with Gasteiger partial charge >= 0.3 is 5.76 Å². The van der Waals surface area contributed by atoms with Crippen LogP contribution in [0.1, 0.15) is 11.9 Å². The zero-order valence-electron chi connectivity index (χ0n) is 12.8. The molecule has 1 aliphatic rings. The van der Waals surface area contributed by atoms with Gasteiger partial charge in [-0.3, -0.25) is 4.90 Å². The Kier molecular flexibility index (Phi) is 4.61. The van der Waals surface area contributed by atoms with E-state index < -0.39 is 20.5 Å². The van der Waals surface area contributed by atoms with Gasteiger partial charge < -0.3 is 9.84 Å². The monoisotopic (exact) mass is 358 g/mol. The molecule has 1 aromatic carbocycles. The summed E-state index contributed by atoms with van der Waals surface area (Å²) in [4.78, 5) is 5.98. The molecule has 3 rings (SSSR count). The summed E-state index contributed by atoms with van der Waals surface area (Å²) in [6, 6.07) is 4.93. The maximum absolute atomic E-state index is 12.5. The van der Waals surface area contributed by atoms with Gasteiger partial charge in [-0.25, -0.2) is 8.42 Å². The van der Waals surface area contributed by atoms with E-state index in [4.69, 9.17) is 4.52 Å². The molecule has 0 radical (unpaired) electrons.